The van der Waals surface area contributed by atoms with Gasteiger partial charge in [0.15, 0.2) is 0 Å². The molecule has 0 bridgehead atoms. The van der Waals surface area contributed by atoms with Crippen LogP contribution in [0.3, 0.4) is 0 Å². The number of carbonyl (C=O) groups excluding carboxylic acids is 1. The monoisotopic (exact) mass is 225 g/mol. The van der Waals surface area contributed by atoms with Gasteiger partial charge in [0.2, 0.25) is 5.91 Å². The highest BCUT2D eigenvalue weighted by molar-refractivity contribution is 5.86. The van der Waals surface area contributed by atoms with E-state index in [1.54, 1.807) is 0 Å². The van der Waals surface area contributed by atoms with Gasteiger partial charge < -0.3 is 16.0 Å². The summed E-state index contributed by atoms with van der Waals surface area (Å²) in [5.41, 5.74) is 5.44. The van der Waals surface area contributed by atoms with Crippen LogP contribution in [0.25, 0.3) is 0 Å². The van der Waals surface area contributed by atoms with Crippen molar-refractivity contribution in [3.05, 3.63) is 0 Å². The number of nitrogens with zero attached hydrogens (tertiary/aromatic N) is 1. The molecule has 1 atom stereocenters. The standard InChI is InChI=1S/C12H23N3O/c1-12(13,9-3-4-9)11(16)14-10-5-7-15(2)8-6-10/h9-10H,3-8,13H2,1-2H3,(H,14,16). The number of piperidine rings is 1. The fourth-order valence-corrected chi connectivity index (χ4v) is 2.36. The van der Waals surface area contributed by atoms with E-state index in [0.717, 1.165) is 38.8 Å². The topological polar surface area (TPSA) is 58.4 Å². The highest BCUT2D eigenvalue weighted by Gasteiger charge is 2.44. The third kappa shape index (κ3) is 2.55. The summed E-state index contributed by atoms with van der Waals surface area (Å²) in [6.45, 7) is 4.00. The van der Waals surface area contributed by atoms with Crippen LogP contribution in [0.2, 0.25) is 0 Å². The fraction of sp³-hybridized carbons (Fsp3) is 0.917. The minimum absolute atomic E-state index is 0.0459. The number of nitrogens with two attached hydrogens (primary N) is 1. The van der Waals surface area contributed by atoms with E-state index >= 15 is 0 Å². The minimum Gasteiger partial charge on any atom is -0.352 e. The van der Waals surface area contributed by atoms with Crippen molar-refractivity contribution in [2.75, 3.05) is 20.1 Å². The summed E-state index contributed by atoms with van der Waals surface area (Å²) >= 11 is 0. The van der Waals surface area contributed by atoms with Crippen LogP contribution >= 0.6 is 0 Å². The van der Waals surface area contributed by atoms with Gasteiger partial charge in [-0.1, -0.05) is 0 Å². The molecule has 1 amide bonds. The summed E-state index contributed by atoms with van der Waals surface area (Å²) in [6, 6.07) is 0.324. The molecule has 4 heteroatoms. The van der Waals surface area contributed by atoms with Gasteiger partial charge in [-0.2, -0.15) is 0 Å². The number of amides is 1. The van der Waals surface area contributed by atoms with Crippen LogP contribution in [0.1, 0.15) is 32.6 Å². The zero-order valence-corrected chi connectivity index (χ0v) is 10.3. The number of carbonyl (C=O) groups is 1. The summed E-state index contributed by atoms with van der Waals surface area (Å²) < 4.78 is 0. The van der Waals surface area contributed by atoms with Crippen molar-refractivity contribution in [3.8, 4) is 0 Å². The first-order chi connectivity index (χ1) is 7.50. The van der Waals surface area contributed by atoms with Crippen molar-refractivity contribution in [2.24, 2.45) is 11.7 Å². The Labute approximate surface area is 97.6 Å². The van der Waals surface area contributed by atoms with Gasteiger partial charge in [-0.3, -0.25) is 4.79 Å². The second-order valence-corrected chi connectivity index (χ2v) is 5.61. The lowest BCUT2D eigenvalue weighted by molar-refractivity contribution is -0.127. The van der Waals surface area contributed by atoms with E-state index in [4.69, 9.17) is 5.73 Å². The van der Waals surface area contributed by atoms with Crippen molar-refractivity contribution < 1.29 is 4.79 Å². The Morgan fingerprint density at radius 1 is 1.31 bits per heavy atom. The Morgan fingerprint density at radius 3 is 2.38 bits per heavy atom. The number of hydrogen-bond acceptors (Lipinski definition) is 3. The second-order valence-electron chi connectivity index (χ2n) is 5.61. The molecule has 1 saturated carbocycles. The summed E-state index contributed by atoms with van der Waals surface area (Å²) in [5, 5.41) is 3.11. The van der Waals surface area contributed by atoms with E-state index in [1.807, 2.05) is 6.92 Å². The molecular weight excluding hydrogens is 202 g/mol. The summed E-state index contributed by atoms with van der Waals surface area (Å²) in [6.07, 6.45) is 4.30. The van der Waals surface area contributed by atoms with E-state index in [2.05, 4.69) is 17.3 Å². The van der Waals surface area contributed by atoms with Crippen LogP contribution in [-0.4, -0.2) is 42.5 Å². The van der Waals surface area contributed by atoms with E-state index in [0.29, 0.717) is 12.0 Å². The van der Waals surface area contributed by atoms with Crippen molar-refractivity contribution in [3.63, 3.8) is 0 Å². The molecule has 92 valence electrons. The van der Waals surface area contributed by atoms with Gasteiger partial charge in [0, 0.05) is 6.04 Å². The lowest BCUT2D eigenvalue weighted by Gasteiger charge is -2.32. The van der Waals surface area contributed by atoms with Crippen LogP contribution in [0, 0.1) is 5.92 Å². The van der Waals surface area contributed by atoms with Crippen molar-refractivity contribution in [1.82, 2.24) is 10.2 Å². The predicted molar refractivity (Wildman–Crippen MR) is 64.0 cm³/mol. The van der Waals surface area contributed by atoms with Gasteiger partial charge in [0.05, 0.1) is 5.54 Å². The summed E-state index contributed by atoms with van der Waals surface area (Å²) in [7, 11) is 2.12. The van der Waals surface area contributed by atoms with Gasteiger partial charge in [-0.15, -0.1) is 0 Å². The lowest BCUT2D eigenvalue weighted by Crippen LogP contribution is -2.57. The van der Waals surface area contributed by atoms with Crippen molar-refractivity contribution in [1.29, 1.82) is 0 Å². The molecule has 1 aliphatic carbocycles. The molecule has 0 aromatic rings. The van der Waals surface area contributed by atoms with Crippen molar-refractivity contribution >= 4 is 5.91 Å². The van der Waals surface area contributed by atoms with E-state index < -0.39 is 5.54 Å². The Morgan fingerprint density at radius 2 is 1.88 bits per heavy atom. The smallest absolute Gasteiger partial charge is 0.240 e. The first kappa shape index (κ1) is 11.9. The quantitative estimate of drug-likeness (QED) is 0.727. The third-order valence-corrected chi connectivity index (χ3v) is 3.97. The van der Waals surface area contributed by atoms with Crippen molar-refractivity contribution in [2.45, 2.75) is 44.2 Å². The predicted octanol–water partition coefficient (Wildman–Crippen LogP) is 0.324. The molecule has 2 fully saturated rings. The van der Waals surface area contributed by atoms with E-state index in [9.17, 15) is 4.79 Å². The first-order valence-corrected chi connectivity index (χ1v) is 6.28. The first-order valence-electron chi connectivity index (χ1n) is 6.28. The molecule has 2 aliphatic rings. The lowest BCUT2D eigenvalue weighted by atomic mass is 9.95. The fourth-order valence-electron chi connectivity index (χ4n) is 2.36. The molecule has 0 spiro atoms. The number of likely N-dealkylation sites (tertiary alicyclic amines) is 1. The van der Waals surface area contributed by atoms with E-state index in [1.165, 1.54) is 0 Å². The van der Waals surface area contributed by atoms with Gasteiger partial charge in [-0.05, 0) is 58.7 Å². The van der Waals surface area contributed by atoms with Crippen LogP contribution in [-0.2, 0) is 4.79 Å². The van der Waals surface area contributed by atoms with Gasteiger partial charge in [0.1, 0.15) is 0 Å². The Hall–Kier alpha value is -0.610. The number of nitrogens with one attached hydrogen (secondary N) is 1. The van der Waals surface area contributed by atoms with Crippen LogP contribution in [0.15, 0.2) is 0 Å². The largest absolute Gasteiger partial charge is 0.352 e. The molecule has 3 N–H and O–H groups in total. The molecule has 0 aromatic heterocycles. The Balaban J connectivity index is 1.82. The highest BCUT2D eigenvalue weighted by Crippen LogP contribution is 2.38. The van der Waals surface area contributed by atoms with Crippen LogP contribution in [0.4, 0.5) is 0 Å². The molecular formula is C12H23N3O. The average molecular weight is 225 g/mol. The normalized spacial score (nSPS) is 27.4. The number of hydrogen-bond donors (Lipinski definition) is 2. The van der Waals surface area contributed by atoms with Gasteiger partial charge in [0.25, 0.3) is 0 Å². The maximum absolute atomic E-state index is 12.0. The maximum Gasteiger partial charge on any atom is 0.240 e. The maximum atomic E-state index is 12.0. The Kier molecular flexibility index (Phi) is 3.22. The second kappa shape index (κ2) is 4.34. The van der Waals surface area contributed by atoms with Gasteiger partial charge >= 0.3 is 0 Å². The molecule has 1 aliphatic heterocycles. The van der Waals surface area contributed by atoms with Gasteiger partial charge in [-0.25, -0.2) is 0 Å². The zero-order valence-electron chi connectivity index (χ0n) is 10.3. The summed E-state index contributed by atoms with van der Waals surface area (Å²) in [5.74, 6) is 0.448. The molecule has 16 heavy (non-hydrogen) atoms. The Bertz CT molecular complexity index is 265. The van der Waals surface area contributed by atoms with Crippen LogP contribution in [0.5, 0.6) is 0 Å². The molecule has 1 saturated heterocycles. The SMILES string of the molecule is CN1CCC(NC(=O)C(C)(N)C2CC2)CC1. The molecule has 0 radical (unpaired) electrons. The molecule has 1 unspecified atom stereocenters. The average Bonchev–Trinajstić information content (AvgIpc) is 3.05. The molecule has 0 aromatic carbocycles. The minimum atomic E-state index is -0.649. The molecule has 1 heterocycles. The summed E-state index contributed by atoms with van der Waals surface area (Å²) in [4.78, 5) is 14.3. The number of rotatable bonds is 3. The molecule has 2 rings (SSSR count). The third-order valence-electron chi connectivity index (χ3n) is 3.97. The highest BCUT2D eigenvalue weighted by atomic mass is 16.2. The van der Waals surface area contributed by atoms with Crippen LogP contribution < -0.4 is 11.1 Å². The van der Waals surface area contributed by atoms with E-state index in [-0.39, 0.29) is 5.91 Å². The molecule has 4 nitrogen and oxygen atoms in total. The zero-order chi connectivity index (χ0) is 11.8.